The van der Waals surface area contributed by atoms with Crippen LogP contribution in [0.4, 0.5) is 0 Å². The summed E-state index contributed by atoms with van der Waals surface area (Å²) in [6, 6.07) is 8.64. The molecule has 3 heterocycles. The maximum Gasteiger partial charge on any atom is 0.274 e. The van der Waals surface area contributed by atoms with Gasteiger partial charge in [-0.3, -0.25) is 14.9 Å². The molecule has 9 heteroatoms. The summed E-state index contributed by atoms with van der Waals surface area (Å²) in [4.78, 5) is 18.1. The van der Waals surface area contributed by atoms with Crippen molar-refractivity contribution in [2.75, 3.05) is 7.11 Å². The minimum Gasteiger partial charge on any atom is -0.495 e. The van der Waals surface area contributed by atoms with Gasteiger partial charge in [-0.1, -0.05) is 0 Å². The van der Waals surface area contributed by atoms with E-state index in [-0.39, 0.29) is 12.1 Å². The summed E-state index contributed by atoms with van der Waals surface area (Å²) < 4.78 is 19.0. The van der Waals surface area contributed by atoms with Crippen LogP contribution in [0.25, 0.3) is 10.8 Å². The summed E-state index contributed by atoms with van der Waals surface area (Å²) in [6.45, 7) is 0.251. The molecule has 1 unspecified atom stereocenters. The fraction of sp³-hybridized carbons (Fsp3) is 0.111. The SMILES string of the molecule is COc1ccc(Cn2ncc3cc(S(=O)c4cn[nH]c4)ccc3c2=O)nc1. The molecular weight excluding hydrogens is 366 g/mol. The van der Waals surface area contributed by atoms with Gasteiger partial charge in [0.2, 0.25) is 0 Å². The lowest BCUT2D eigenvalue weighted by atomic mass is 10.2. The Bertz CT molecular complexity index is 1170. The van der Waals surface area contributed by atoms with Gasteiger partial charge in [0.1, 0.15) is 5.75 Å². The third-order valence-corrected chi connectivity index (χ3v) is 5.40. The van der Waals surface area contributed by atoms with Gasteiger partial charge < -0.3 is 4.74 Å². The molecule has 1 N–H and O–H groups in total. The Morgan fingerprint density at radius 3 is 2.74 bits per heavy atom. The number of aromatic nitrogens is 5. The molecule has 0 aliphatic rings. The zero-order valence-corrected chi connectivity index (χ0v) is 15.1. The van der Waals surface area contributed by atoms with Gasteiger partial charge in [-0.15, -0.1) is 0 Å². The second kappa shape index (κ2) is 7.12. The molecule has 0 bridgehead atoms. The lowest BCUT2D eigenvalue weighted by molar-refractivity contribution is 0.412. The molecule has 0 saturated carbocycles. The van der Waals surface area contributed by atoms with E-state index in [1.54, 1.807) is 56.0 Å². The van der Waals surface area contributed by atoms with Gasteiger partial charge in [-0.2, -0.15) is 10.2 Å². The van der Waals surface area contributed by atoms with Crippen LogP contribution in [0.3, 0.4) is 0 Å². The van der Waals surface area contributed by atoms with E-state index < -0.39 is 10.8 Å². The summed E-state index contributed by atoms with van der Waals surface area (Å²) in [5, 5.41) is 11.8. The molecule has 27 heavy (non-hydrogen) atoms. The maximum absolute atomic E-state index is 12.7. The van der Waals surface area contributed by atoms with Crippen LogP contribution in [0, 0.1) is 0 Å². The predicted octanol–water partition coefficient (Wildman–Crippen LogP) is 1.74. The molecule has 0 saturated heterocycles. The number of pyridine rings is 1. The number of fused-ring (bicyclic) bond motifs is 1. The summed E-state index contributed by atoms with van der Waals surface area (Å²) in [6.07, 6.45) is 6.28. The zero-order valence-electron chi connectivity index (χ0n) is 14.3. The molecule has 1 atom stereocenters. The molecule has 4 rings (SSSR count). The standard InChI is InChI=1S/C18H15N5O3S/c1-26-14-3-2-13(19-8-14)11-23-18(24)17-5-4-15(6-12(17)7-22-23)27(25)16-9-20-21-10-16/h2-10H,11H2,1H3,(H,20,21). The smallest absolute Gasteiger partial charge is 0.274 e. The van der Waals surface area contributed by atoms with Crippen LogP contribution in [0.5, 0.6) is 5.75 Å². The van der Waals surface area contributed by atoms with Gasteiger partial charge in [0.05, 0.1) is 59.0 Å². The van der Waals surface area contributed by atoms with Crippen LogP contribution in [0.2, 0.25) is 0 Å². The van der Waals surface area contributed by atoms with Crippen LogP contribution >= 0.6 is 0 Å². The second-order valence-corrected chi connectivity index (χ2v) is 7.23. The first-order chi connectivity index (χ1) is 13.2. The number of ether oxygens (including phenoxy) is 1. The highest BCUT2D eigenvalue weighted by molar-refractivity contribution is 7.85. The highest BCUT2D eigenvalue weighted by Crippen LogP contribution is 2.19. The summed E-state index contributed by atoms with van der Waals surface area (Å²) in [5.41, 5.74) is 0.466. The number of rotatable bonds is 5. The van der Waals surface area contributed by atoms with Crippen LogP contribution in [0.1, 0.15) is 5.69 Å². The monoisotopic (exact) mass is 381 g/mol. The summed E-state index contributed by atoms with van der Waals surface area (Å²) >= 11 is 0. The fourth-order valence-electron chi connectivity index (χ4n) is 2.65. The van der Waals surface area contributed by atoms with Crippen molar-refractivity contribution >= 4 is 21.6 Å². The van der Waals surface area contributed by atoms with Crippen molar-refractivity contribution in [3.63, 3.8) is 0 Å². The van der Waals surface area contributed by atoms with Crippen molar-refractivity contribution in [1.29, 1.82) is 0 Å². The first-order valence-corrected chi connectivity index (χ1v) is 9.20. The Kier molecular flexibility index (Phi) is 4.51. The van der Waals surface area contributed by atoms with Crippen LogP contribution in [-0.2, 0) is 17.3 Å². The molecular formula is C18H15N5O3S. The average Bonchev–Trinajstić information content (AvgIpc) is 3.25. The number of H-pyrrole nitrogens is 1. The highest BCUT2D eigenvalue weighted by atomic mass is 32.2. The topological polar surface area (TPSA) is 103 Å². The minimum atomic E-state index is -1.37. The normalized spacial score (nSPS) is 12.2. The Labute approximate surface area is 156 Å². The molecule has 0 radical (unpaired) electrons. The van der Waals surface area contributed by atoms with E-state index in [1.165, 1.54) is 10.9 Å². The van der Waals surface area contributed by atoms with Gasteiger partial charge in [-0.05, 0) is 30.3 Å². The Morgan fingerprint density at radius 1 is 1.15 bits per heavy atom. The number of hydrogen-bond donors (Lipinski definition) is 1. The lowest BCUT2D eigenvalue weighted by Crippen LogP contribution is -2.23. The number of methoxy groups -OCH3 is 1. The summed E-state index contributed by atoms with van der Waals surface area (Å²) in [7, 11) is 0.199. The maximum atomic E-state index is 12.7. The van der Waals surface area contributed by atoms with Crippen molar-refractivity contribution in [1.82, 2.24) is 25.0 Å². The number of benzene rings is 1. The van der Waals surface area contributed by atoms with Crippen molar-refractivity contribution < 1.29 is 8.95 Å². The number of aromatic amines is 1. The second-order valence-electron chi connectivity index (χ2n) is 5.75. The van der Waals surface area contributed by atoms with Gasteiger partial charge in [-0.25, -0.2) is 8.89 Å². The first kappa shape index (κ1) is 17.1. The van der Waals surface area contributed by atoms with Crippen LogP contribution in [0.15, 0.2) is 69.7 Å². The molecule has 4 aromatic rings. The Hall–Kier alpha value is -3.33. The molecule has 0 aliphatic heterocycles. The zero-order chi connectivity index (χ0) is 18.8. The van der Waals surface area contributed by atoms with E-state index in [4.69, 9.17) is 4.74 Å². The molecule has 3 aromatic heterocycles. The van der Waals surface area contributed by atoms with E-state index in [1.807, 2.05) is 0 Å². The first-order valence-electron chi connectivity index (χ1n) is 8.05. The number of nitrogens with one attached hydrogen (secondary N) is 1. The predicted molar refractivity (Wildman–Crippen MR) is 99.2 cm³/mol. The number of hydrogen-bond acceptors (Lipinski definition) is 6. The Balaban J connectivity index is 1.66. The molecule has 0 aliphatic carbocycles. The van der Waals surface area contributed by atoms with Gasteiger partial charge in [0, 0.05) is 16.5 Å². The third kappa shape index (κ3) is 3.36. The van der Waals surface area contributed by atoms with E-state index in [2.05, 4.69) is 20.3 Å². The molecule has 0 spiro atoms. The molecule has 0 fully saturated rings. The quantitative estimate of drug-likeness (QED) is 0.565. The molecule has 1 aromatic carbocycles. The van der Waals surface area contributed by atoms with Crippen molar-refractivity contribution in [2.24, 2.45) is 0 Å². The summed E-state index contributed by atoms with van der Waals surface area (Å²) in [5.74, 6) is 0.649. The van der Waals surface area contributed by atoms with Crippen molar-refractivity contribution in [2.45, 2.75) is 16.3 Å². The van der Waals surface area contributed by atoms with E-state index in [0.29, 0.717) is 32.0 Å². The van der Waals surface area contributed by atoms with Crippen LogP contribution < -0.4 is 10.3 Å². The van der Waals surface area contributed by atoms with E-state index >= 15 is 0 Å². The Morgan fingerprint density at radius 2 is 2.04 bits per heavy atom. The molecule has 136 valence electrons. The molecule has 8 nitrogen and oxygen atoms in total. The van der Waals surface area contributed by atoms with Gasteiger partial charge in [0.15, 0.2) is 0 Å². The molecule has 0 amide bonds. The van der Waals surface area contributed by atoms with Crippen molar-refractivity contribution in [3.8, 4) is 5.75 Å². The van der Waals surface area contributed by atoms with Gasteiger partial charge >= 0.3 is 0 Å². The van der Waals surface area contributed by atoms with Gasteiger partial charge in [0.25, 0.3) is 5.56 Å². The minimum absolute atomic E-state index is 0.231. The average molecular weight is 381 g/mol. The number of nitrogens with zero attached hydrogens (tertiary/aromatic N) is 4. The largest absolute Gasteiger partial charge is 0.495 e. The van der Waals surface area contributed by atoms with Crippen LogP contribution in [-0.4, -0.2) is 36.3 Å². The van der Waals surface area contributed by atoms with E-state index in [0.717, 1.165) is 0 Å². The lowest BCUT2D eigenvalue weighted by Gasteiger charge is -2.07. The highest BCUT2D eigenvalue weighted by Gasteiger charge is 2.11. The van der Waals surface area contributed by atoms with Crippen molar-refractivity contribution in [3.05, 3.63) is 71.2 Å². The third-order valence-electron chi connectivity index (χ3n) is 4.07. The fourth-order valence-corrected chi connectivity index (χ4v) is 3.65. The van der Waals surface area contributed by atoms with E-state index in [9.17, 15) is 9.00 Å².